The largest absolute Gasteiger partial charge is 0.392 e. The number of ether oxygens (including phenoxy) is 2. The second kappa shape index (κ2) is 7.99. The Morgan fingerprint density at radius 1 is 1.14 bits per heavy atom. The summed E-state index contributed by atoms with van der Waals surface area (Å²) in [6.45, 7) is 1.84. The third kappa shape index (κ3) is 6.15. The van der Waals surface area contributed by atoms with Crippen LogP contribution in [-0.4, -0.2) is 22.6 Å². The normalized spacial score (nSPS) is 9.07. The third-order valence-electron chi connectivity index (χ3n) is 1.02. The molecule has 6 heteroatoms. The van der Waals surface area contributed by atoms with Crippen molar-refractivity contribution < 1.29 is 19.1 Å². The molecule has 0 rings (SSSR count). The van der Waals surface area contributed by atoms with Gasteiger partial charge < -0.3 is 9.47 Å². The van der Waals surface area contributed by atoms with Crippen molar-refractivity contribution >= 4 is 43.8 Å². The zero-order valence-corrected chi connectivity index (χ0v) is 10.8. The number of hydrogen-bond donors (Lipinski definition) is 0. The fourth-order valence-corrected chi connectivity index (χ4v) is 0.779. The predicted octanol–water partition coefficient (Wildman–Crippen LogP) is 2.11. The first-order chi connectivity index (χ1) is 6.63. The van der Waals surface area contributed by atoms with E-state index in [1.807, 2.05) is 6.92 Å². The first-order valence-electron chi connectivity index (χ1n) is 3.87. The van der Waals surface area contributed by atoms with E-state index in [2.05, 4.69) is 31.9 Å². The molecule has 0 radical (unpaired) electrons. The van der Waals surface area contributed by atoms with Gasteiger partial charge in [-0.15, -0.1) is 0 Å². The van der Waals surface area contributed by atoms with Crippen LogP contribution >= 0.6 is 31.9 Å². The Kier molecular flexibility index (Phi) is 7.78. The molecule has 0 aromatic rings. The van der Waals surface area contributed by atoms with Gasteiger partial charge >= 0.3 is 11.9 Å². The van der Waals surface area contributed by atoms with Crippen molar-refractivity contribution in [3.63, 3.8) is 0 Å². The summed E-state index contributed by atoms with van der Waals surface area (Å²) in [5, 5.41) is 0.111. The van der Waals surface area contributed by atoms with Gasteiger partial charge in [-0.05, 0) is 12.5 Å². The van der Waals surface area contributed by atoms with E-state index in [4.69, 9.17) is 9.47 Å². The summed E-state index contributed by atoms with van der Waals surface area (Å²) in [5.41, 5.74) is 0. The monoisotopic (exact) mass is 328 g/mol. The van der Waals surface area contributed by atoms with E-state index in [0.29, 0.717) is 6.42 Å². The van der Waals surface area contributed by atoms with Crippen molar-refractivity contribution in [2.45, 2.75) is 13.3 Å². The molecule has 0 saturated heterocycles. The van der Waals surface area contributed by atoms with Crippen LogP contribution in [0.4, 0.5) is 0 Å². The molecule has 0 N–H and O–H groups in total. The van der Waals surface area contributed by atoms with Crippen molar-refractivity contribution in [3.05, 3.63) is 12.0 Å². The lowest BCUT2D eigenvalue weighted by molar-refractivity contribution is -0.150. The molecule has 0 aliphatic carbocycles. The van der Waals surface area contributed by atoms with E-state index in [-0.39, 0.29) is 16.6 Å². The highest BCUT2D eigenvalue weighted by molar-refractivity contribution is 9.09. The lowest BCUT2D eigenvalue weighted by Crippen LogP contribution is -2.12. The van der Waals surface area contributed by atoms with E-state index < -0.39 is 11.9 Å². The highest BCUT2D eigenvalue weighted by atomic mass is 79.9. The van der Waals surface area contributed by atoms with Crippen LogP contribution in [0.1, 0.15) is 13.3 Å². The summed E-state index contributed by atoms with van der Waals surface area (Å²) in [6, 6.07) is 0. The second-order valence-corrected chi connectivity index (χ2v) is 3.27. The van der Waals surface area contributed by atoms with Gasteiger partial charge in [0.25, 0.3) is 5.95 Å². The second-order valence-electron chi connectivity index (χ2n) is 2.15. The zero-order valence-electron chi connectivity index (χ0n) is 7.59. The fraction of sp³-hybridized carbons (Fsp3) is 0.500. The molecule has 4 nitrogen and oxygen atoms in total. The number of carbonyl (C=O) groups is 2. The summed E-state index contributed by atoms with van der Waals surface area (Å²) in [7, 11) is 0. The van der Waals surface area contributed by atoms with Crippen molar-refractivity contribution in [2.75, 3.05) is 10.7 Å². The molecule has 0 unspecified atom stereocenters. The molecule has 0 saturated carbocycles. The molecule has 0 amide bonds. The summed E-state index contributed by atoms with van der Waals surface area (Å²) < 4.78 is 9.45. The Bertz CT molecular complexity index is 217. The van der Waals surface area contributed by atoms with Crippen molar-refractivity contribution in [3.8, 4) is 0 Å². The Morgan fingerprint density at radius 2 is 1.57 bits per heavy atom. The average Bonchev–Trinajstić information content (AvgIpc) is 2.17. The van der Waals surface area contributed by atoms with Gasteiger partial charge in [0.2, 0.25) is 0 Å². The van der Waals surface area contributed by atoms with Crippen LogP contribution in [0.3, 0.4) is 0 Å². The number of alkyl halides is 2. The van der Waals surface area contributed by atoms with Gasteiger partial charge in [-0.25, -0.2) is 0 Å². The van der Waals surface area contributed by atoms with Gasteiger partial charge in [-0.2, -0.15) is 0 Å². The molecule has 0 spiro atoms. The molecule has 0 aliphatic rings. The lowest BCUT2D eigenvalue weighted by Gasteiger charge is -2.06. The first kappa shape index (κ1) is 13.6. The maximum Gasteiger partial charge on any atom is 0.324 e. The van der Waals surface area contributed by atoms with E-state index in [9.17, 15) is 9.59 Å². The van der Waals surface area contributed by atoms with Crippen molar-refractivity contribution in [1.29, 1.82) is 0 Å². The van der Waals surface area contributed by atoms with Gasteiger partial charge in [0.15, 0.2) is 0 Å². The number of carbonyl (C=O) groups excluding carboxylic acids is 2. The van der Waals surface area contributed by atoms with E-state index in [0.717, 1.165) is 0 Å². The standard InChI is InChI=1S/C8H10Br2O4/c1-2-3-8(13-6(11)4-9)14-7(12)5-10/h3H,2,4-5H2,1H3. The lowest BCUT2D eigenvalue weighted by atomic mass is 10.5. The van der Waals surface area contributed by atoms with Crippen molar-refractivity contribution in [2.24, 2.45) is 0 Å². The Hall–Kier alpha value is -0.360. The SMILES string of the molecule is CCC=C(OC(=O)CBr)OC(=O)CBr. The molecule has 0 aromatic heterocycles. The number of allylic oxidation sites excluding steroid dienone is 1. The minimum atomic E-state index is -0.507. The topological polar surface area (TPSA) is 52.6 Å². The Morgan fingerprint density at radius 3 is 1.86 bits per heavy atom. The van der Waals surface area contributed by atoms with Crippen LogP contribution in [0, 0.1) is 0 Å². The number of halogens is 2. The van der Waals surface area contributed by atoms with Crippen LogP contribution < -0.4 is 0 Å². The average molecular weight is 330 g/mol. The van der Waals surface area contributed by atoms with Crippen LogP contribution in [0.2, 0.25) is 0 Å². The summed E-state index contributed by atoms with van der Waals surface area (Å²) >= 11 is 5.85. The molecular weight excluding hydrogens is 320 g/mol. The number of hydrogen-bond acceptors (Lipinski definition) is 4. The number of esters is 2. The first-order valence-corrected chi connectivity index (χ1v) is 6.11. The van der Waals surface area contributed by atoms with Gasteiger partial charge in [0.05, 0.1) is 0 Å². The zero-order chi connectivity index (χ0) is 11.0. The summed E-state index contributed by atoms with van der Waals surface area (Å²) in [6.07, 6.45) is 2.13. The molecule has 0 heterocycles. The maximum absolute atomic E-state index is 10.9. The Balaban J connectivity index is 4.23. The molecule has 14 heavy (non-hydrogen) atoms. The summed E-state index contributed by atoms with van der Waals surface area (Å²) in [5.74, 6) is -1.08. The summed E-state index contributed by atoms with van der Waals surface area (Å²) in [4.78, 5) is 21.7. The highest BCUT2D eigenvalue weighted by Gasteiger charge is 2.10. The maximum atomic E-state index is 10.9. The van der Waals surface area contributed by atoms with Gasteiger partial charge in [-0.1, -0.05) is 38.8 Å². The van der Waals surface area contributed by atoms with E-state index in [1.54, 1.807) is 0 Å². The minimum Gasteiger partial charge on any atom is -0.392 e. The van der Waals surface area contributed by atoms with Crippen LogP contribution in [-0.2, 0) is 19.1 Å². The van der Waals surface area contributed by atoms with Crippen LogP contribution in [0.5, 0.6) is 0 Å². The predicted molar refractivity (Wildman–Crippen MR) is 58.1 cm³/mol. The quantitative estimate of drug-likeness (QED) is 0.440. The fourth-order valence-electron chi connectivity index (χ4n) is 0.550. The van der Waals surface area contributed by atoms with Crippen LogP contribution in [0.15, 0.2) is 12.0 Å². The minimum absolute atomic E-state index is 0.0555. The molecule has 0 bridgehead atoms. The molecule has 0 aliphatic heterocycles. The third-order valence-corrected chi connectivity index (χ3v) is 1.93. The Labute approximate surface area is 98.9 Å². The van der Waals surface area contributed by atoms with Gasteiger partial charge in [0, 0.05) is 0 Å². The molecule has 0 atom stereocenters. The number of rotatable bonds is 5. The highest BCUT2D eigenvalue weighted by Crippen LogP contribution is 2.05. The van der Waals surface area contributed by atoms with Gasteiger partial charge in [-0.3, -0.25) is 9.59 Å². The molecule has 0 aromatic carbocycles. The molecular formula is C8H10Br2O4. The molecule has 80 valence electrons. The smallest absolute Gasteiger partial charge is 0.324 e. The van der Waals surface area contributed by atoms with Crippen LogP contribution in [0.25, 0.3) is 0 Å². The van der Waals surface area contributed by atoms with E-state index in [1.165, 1.54) is 6.08 Å². The van der Waals surface area contributed by atoms with E-state index >= 15 is 0 Å². The van der Waals surface area contributed by atoms with Gasteiger partial charge in [0.1, 0.15) is 10.7 Å². The molecule has 0 fully saturated rings. The van der Waals surface area contributed by atoms with Crippen molar-refractivity contribution in [1.82, 2.24) is 0 Å².